The molecule has 0 aliphatic carbocycles. The third-order valence-corrected chi connectivity index (χ3v) is 14.6. The van der Waals surface area contributed by atoms with Crippen molar-refractivity contribution in [2.75, 3.05) is 13.2 Å². The Kier molecular flexibility index (Phi) is 57.6. The first-order valence-electron chi connectivity index (χ1n) is 31.5. The van der Waals surface area contributed by atoms with E-state index in [1.54, 1.807) is 0 Å². The number of unbranched alkanes of at least 4 members (excludes halogenated alkanes) is 48. The maximum Gasteiger partial charge on any atom is 0.306 e. The fourth-order valence-corrected chi connectivity index (χ4v) is 9.86. The topological polar surface area (TPSA) is 78.9 Å². The predicted octanol–water partition coefficient (Wildman–Crippen LogP) is 21.1. The Balaban J connectivity index is 4.24. The molecule has 6 nitrogen and oxygen atoms in total. The molecule has 1 unspecified atom stereocenters. The maximum atomic E-state index is 12.9. The highest BCUT2D eigenvalue weighted by Gasteiger charge is 2.19. The first-order valence-corrected chi connectivity index (χ1v) is 31.5. The van der Waals surface area contributed by atoms with E-state index < -0.39 is 6.10 Å². The van der Waals surface area contributed by atoms with Gasteiger partial charge in [0.25, 0.3) is 0 Å². The zero-order valence-electron chi connectivity index (χ0n) is 47.1. The molecule has 69 heavy (non-hydrogen) atoms. The molecule has 0 fully saturated rings. The third-order valence-electron chi connectivity index (χ3n) is 14.6. The van der Waals surface area contributed by atoms with Gasteiger partial charge in [-0.05, 0) is 19.3 Å². The molecule has 0 aromatic heterocycles. The Morgan fingerprint density at radius 2 is 0.391 bits per heavy atom. The number of rotatable bonds is 59. The quantitative estimate of drug-likeness (QED) is 0.0343. The van der Waals surface area contributed by atoms with E-state index in [1.165, 1.54) is 270 Å². The summed E-state index contributed by atoms with van der Waals surface area (Å²) < 4.78 is 16.9. The van der Waals surface area contributed by atoms with Gasteiger partial charge in [0, 0.05) is 19.3 Å². The molecule has 0 bridgehead atoms. The second-order valence-electron chi connectivity index (χ2n) is 21.7. The van der Waals surface area contributed by atoms with Crippen molar-refractivity contribution in [3.05, 3.63) is 0 Å². The van der Waals surface area contributed by atoms with E-state index in [1.807, 2.05) is 0 Å². The minimum Gasteiger partial charge on any atom is -0.462 e. The lowest BCUT2D eigenvalue weighted by molar-refractivity contribution is -0.167. The van der Waals surface area contributed by atoms with Gasteiger partial charge in [0.15, 0.2) is 6.10 Å². The molecule has 0 rings (SSSR count). The number of carbonyl (C=O) groups excluding carboxylic acids is 3. The minimum atomic E-state index is -0.762. The summed E-state index contributed by atoms with van der Waals surface area (Å²) in [5, 5.41) is 0. The molecule has 1 atom stereocenters. The van der Waals surface area contributed by atoms with Gasteiger partial charge in [0.1, 0.15) is 13.2 Å². The number of hydrogen-bond donors (Lipinski definition) is 0. The van der Waals surface area contributed by atoms with Crippen LogP contribution < -0.4 is 0 Å². The number of ether oxygens (including phenoxy) is 3. The summed E-state index contributed by atoms with van der Waals surface area (Å²) in [7, 11) is 0. The van der Waals surface area contributed by atoms with E-state index in [9.17, 15) is 14.4 Å². The van der Waals surface area contributed by atoms with Crippen LogP contribution in [0.4, 0.5) is 0 Å². The van der Waals surface area contributed by atoms with Crippen molar-refractivity contribution in [1.82, 2.24) is 0 Å². The van der Waals surface area contributed by atoms with E-state index in [0.29, 0.717) is 19.3 Å². The zero-order valence-corrected chi connectivity index (χ0v) is 47.1. The summed E-state index contributed by atoms with van der Waals surface area (Å²) in [5.41, 5.74) is 0. The molecular weight excluding hydrogens is 853 g/mol. The monoisotopic (exact) mass is 975 g/mol. The Morgan fingerprint density at radius 1 is 0.232 bits per heavy atom. The van der Waals surface area contributed by atoms with Crippen molar-refractivity contribution in [2.45, 2.75) is 374 Å². The van der Waals surface area contributed by atoms with Crippen molar-refractivity contribution < 1.29 is 28.6 Å². The second kappa shape index (κ2) is 59.0. The largest absolute Gasteiger partial charge is 0.462 e. The van der Waals surface area contributed by atoms with Crippen LogP contribution in [0.5, 0.6) is 0 Å². The van der Waals surface area contributed by atoms with Gasteiger partial charge in [-0.1, -0.05) is 329 Å². The Morgan fingerprint density at radius 3 is 0.580 bits per heavy atom. The van der Waals surface area contributed by atoms with Crippen molar-refractivity contribution in [3.63, 3.8) is 0 Å². The molecule has 410 valence electrons. The lowest BCUT2D eigenvalue weighted by Gasteiger charge is -2.18. The first-order chi connectivity index (χ1) is 34.0. The first kappa shape index (κ1) is 67.4. The van der Waals surface area contributed by atoms with E-state index in [2.05, 4.69) is 20.8 Å². The molecule has 0 N–H and O–H groups in total. The van der Waals surface area contributed by atoms with E-state index in [0.717, 1.165) is 57.8 Å². The Labute approximate surface area is 431 Å². The van der Waals surface area contributed by atoms with Crippen LogP contribution in [-0.4, -0.2) is 37.2 Å². The van der Waals surface area contributed by atoms with E-state index in [-0.39, 0.29) is 31.1 Å². The summed E-state index contributed by atoms with van der Waals surface area (Å²) in [4.78, 5) is 38.2. The van der Waals surface area contributed by atoms with Gasteiger partial charge < -0.3 is 14.2 Å². The summed E-state index contributed by atoms with van der Waals surface area (Å²) >= 11 is 0. The van der Waals surface area contributed by atoms with Crippen LogP contribution >= 0.6 is 0 Å². The standard InChI is InChI=1S/C63H122O6/c1-4-7-10-13-16-19-22-25-28-29-30-31-32-33-36-38-41-44-47-50-53-56-62(65)68-59-60(69-63(66)57-54-51-48-45-42-39-35-27-24-21-18-15-12-9-6-3)58-67-61(64)55-52-49-46-43-40-37-34-26-23-20-17-14-11-8-5-2/h60H,4-59H2,1-3H3. The van der Waals surface area contributed by atoms with Gasteiger partial charge >= 0.3 is 17.9 Å². The van der Waals surface area contributed by atoms with Crippen LogP contribution in [0.15, 0.2) is 0 Å². The van der Waals surface area contributed by atoms with Gasteiger partial charge in [-0.3, -0.25) is 14.4 Å². The van der Waals surface area contributed by atoms with E-state index >= 15 is 0 Å². The molecule has 0 aliphatic heterocycles. The molecule has 6 heteroatoms. The molecule has 0 radical (unpaired) electrons. The van der Waals surface area contributed by atoms with Crippen LogP contribution in [0.2, 0.25) is 0 Å². The molecule has 0 aromatic carbocycles. The maximum absolute atomic E-state index is 12.9. The SMILES string of the molecule is CCCCCCCCCCCCCCCCCCCCCCCC(=O)OCC(COC(=O)CCCCCCCCCCCCCCCCC)OC(=O)CCCCCCCCCCCCCCCCC. The minimum absolute atomic E-state index is 0.0606. The van der Waals surface area contributed by atoms with Gasteiger partial charge in [-0.25, -0.2) is 0 Å². The molecule has 0 saturated heterocycles. The van der Waals surface area contributed by atoms with Gasteiger partial charge in [-0.15, -0.1) is 0 Å². The van der Waals surface area contributed by atoms with Crippen LogP contribution in [0.3, 0.4) is 0 Å². The summed E-state index contributed by atoms with van der Waals surface area (Å²) in [6.45, 7) is 6.73. The third kappa shape index (κ3) is 57.2. The number of carbonyl (C=O) groups is 3. The smallest absolute Gasteiger partial charge is 0.306 e. The Bertz CT molecular complexity index is 1030. The molecule has 0 aliphatic rings. The normalized spacial score (nSPS) is 11.9. The average molecular weight is 976 g/mol. The highest BCUT2D eigenvalue weighted by atomic mass is 16.6. The summed E-state index contributed by atoms with van der Waals surface area (Å²) in [6.07, 6.45) is 66.7. The molecule has 0 amide bonds. The van der Waals surface area contributed by atoms with E-state index in [4.69, 9.17) is 14.2 Å². The van der Waals surface area contributed by atoms with Gasteiger partial charge in [0.2, 0.25) is 0 Å². The molecule has 0 saturated carbocycles. The molecule has 0 heterocycles. The highest BCUT2D eigenvalue weighted by Crippen LogP contribution is 2.18. The van der Waals surface area contributed by atoms with Crippen LogP contribution in [0, 0.1) is 0 Å². The lowest BCUT2D eigenvalue weighted by Crippen LogP contribution is -2.30. The lowest BCUT2D eigenvalue weighted by atomic mass is 10.0. The van der Waals surface area contributed by atoms with Crippen LogP contribution in [0.25, 0.3) is 0 Å². The predicted molar refractivity (Wildman–Crippen MR) is 298 cm³/mol. The molecule has 0 aromatic rings. The van der Waals surface area contributed by atoms with Crippen LogP contribution in [0.1, 0.15) is 367 Å². The fraction of sp³-hybridized carbons (Fsp3) is 0.952. The number of esters is 3. The van der Waals surface area contributed by atoms with Crippen molar-refractivity contribution in [2.24, 2.45) is 0 Å². The highest BCUT2D eigenvalue weighted by molar-refractivity contribution is 5.71. The van der Waals surface area contributed by atoms with Gasteiger partial charge in [0.05, 0.1) is 0 Å². The number of hydrogen-bond acceptors (Lipinski definition) is 6. The van der Waals surface area contributed by atoms with Crippen molar-refractivity contribution >= 4 is 17.9 Å². The second-order valence-corrected chi connectivity index (χ2v) is 21.7. The zero-order chi connectivity index (χ0) is 50.0. The Hall–Kier alpha value is -1.59. The summed E-state index contributed by atoms with van der Waals surface area (Å²) in [6, 6.07) is 0. The molecular formula is C63H122O6. The summed E-state index contributed by atoms with van der Waals surface area (Å²) in [5.74, 6) is -0.826. The fourth-order valence-electron chi connectivity index (χ4n) is 9.86. The van der Waals surface area contributed by atoms with Gasteiger partial charge in [-0.2, -0.15) is 0 Å². The van der Waals surface area contributed by atoms with Crippen molar-refractivity contribution in [3.8, 4) is 0 Å². The van der Waals surface area contributed by atoms with Crippen LogP contribution in [-0.2, 0) is 28.6 Å². The average Bonchev–Trinajstić information content (AvgIpc) is 3.35. The van der Waals surface area contributed by atoms with Crippen molar-refractivity contribution in [1.29, 1.82) is 0 Å². The molecule has 0 spiro atoms.